The normalized spacial score (nSPS) is 10.7. The van der Waals surface area contributed by atoms with Crippen molar-refractivity contribution < 1.29 is 13.3 Å². The van der Waals surface area contributed by atoms with Crippen LogP contribution in [-0.2, 0) is 0 Å². The lowest BCUT2D eigenvalue weighted by atomic mass is 10.0. The van der Waals surface area contributed by atoms with Gasteiger partial charge in [-0.2, -0.15) is 0 Å². The van der Waals surface area contributed by atoms with Gasteiger partial charge >= 0.3 is 0 Å². The van der Waals surface area contributed by atoms with Crippen molar-refractivity contribution in [1.82, 2.24) is 5.16 Å². The number of halogens is 1. The fraction of sp³-hybridized carbons (Fsp3) is 0. The number of hydrogen-bond donors (Lipinski definition) is 1. The van der Waals surface area contributed by atoms with Crippen LogP contribution in [0.15, 0.2) is 51.6 Å². The topological polar surface area (TPSA) is 65.2 Å². The third-order valence-electron chi connectivity index (χ3n) is 2.58. The fourth-order valence-corrected chi connectivity index (χ4v) is 1.80. The Morgan fingerprint density at radius 2 is 2.06 bits per heavy atom. The summed E-state index contributed by atoms with van der Waals surface area (Å²) >= 11 is 0. The van der Waals surface area contributed by atoms with Gasteiger partial charge in [0, 0.05) is 0 Å². The number of furan rings is 1. The zero-order valence-corrected chi connectivity index (χ0v) is 9.26. The van der Waals surface area contributed by atoms with Gasteiger partial charge in [0.2, 0.25) is 5.76 Å². The SMILES string of the molecule is Nc1noc(-c2ccco2)c1-c1cccc(F)c1. The maximum atomic E-state index is 13.2. The van der Waals surface area contributed by atoms with Crippen molar-refractivity contribution in [3.05, 3.63) is 48.5 Å². The molecule has 5 heteroatoms. The molecule has 0 radical (unpaired) electrons. The molecule has 4 nitrogen and oxygen atoms in total. The number of hydrogen-bond acceptors (Lipinski definition) is 4. The summed E-state index contributed by atoms with van der Waals surface area (Å²) in [5.74, 6) is 0.743. The standard InChI is InChI=1S/C13H9FN2O2/c14-9-4-1-3-8(7-9)11-12(18-16-13(11)15)10-5-2-6-17-10/h1-7H,(H2,15,16). The van der Waals surface area contributed by atoms with Crippen molar-refractivity contribution in [3.63, 3.8) is 0 Å². The molecule has 2 heterocycles. The van der Waals surface area contributed by atoms with Gasteiger partial charge in [-0.15, -0.1) is 0 Å². The van der Waals surface area contributed by atoms with E-state index in [-0.39, 0.29) is 11.6 Å². The molecule has 0 amide bonds. The van der Waals surface area contributed by atoms with Crippen LogP contribution in [-0.4, -0.2) is 5.16 Å². The molecule has 2 N–H and O–H groups in total. The molecular weight excluding hydrogens is 235 g/mol. The van der Waals surface area contributed by atoms with Crippen LogP contribution in [0.3, 0.4) is 0 Å². The van der Waals surface area contributed by atoms with Crippen LogP contribution in [0.1, 0.15) is 0 Å². The lowest BCUT2D eigenvalue weighted by molar-refractivity contribution is 0.421. The third-order valence-corrected chi connectivity index (χ3v) is 2.58. The van der Waals surface area contributed by atoms with Gasteiger partial charge in [0.1, 0.15) is 5.82 Å². The van der Waals surface area contributed by atoms with Gasteiger partial charge in [-0.1, -0.05) is 17.3 Å². The largest absolute Gasteiger partial charge is 0.461 e. The third kappa shape index (κ3) is 1.66. The molecule has 0 saturated carbocycles. The summed E-state index contributed by atoms with van der Waals surface area (Å²) in [6.07, 6.45) is 1.52. The molecule has 0 fully saturated rings. The Morgan fingerprint density at radius 3 is 2.78 bits per heavy atom. The Kier molecular flexibility index (Phi) is 2.37. The quantitative estimate of drug-likeness (QED) is 0.750. The molecule has 0 bridgehead atoms. The Bertz CT molecular complexity index is 674. The lowest BCUT2D eigenvalue weighted by Gasteiger charge is -2.00. The second-order valence-electron chi connectivity index (χ2n) is 3.76. The second-order valence-corrected chi connectivity index (χ2v) is 3.76. The first-order valence-corrected chi connectivity index (χ1v) is 5.30. The van der Waals surface area contributed by atoms with Crippen LogP contribution in [0.2, 0.25) is 0 Å². The summed E-state index contributed by atoms with van der Waals surface area (Å²) in [6, 6.07) is 9.52. The van der Waals surface area contributed by atoms with Crippen LogP contribution in [0.5, 0.6) is 0 Å². The maximum Gasteiger partial charge on any atom is 0.212 e. The molecule has 0 aliphatic heterocycles. The number of anilines is 1. The predicted molar refractivity (Wildman–Crippen MR) is 64.0 cm³/mol. The van der Waals surface area contributed by atoms with Crippen molar-refractivity contribution in [3.8, 4) is 22.6 Å². The molecule has 0 aliphatic carbocycles. The smallest absolute Gasteiger partial charge is 0.212 e. The Labute approximate surface area is 102 Å². The average Bonchev–Trinajstić information content (AvgIpc) is 2.97. The highest BCUT2D eigenvalue weighted by molar-refractivity contribution is 5.84. The van der Waals surface area contributed by atoms with Crippen molar-refractivity contribution in [2.75, 3.05) is 5.73 Å². The Hall–Kier alpha value is -2.56. The van der Waals surface area contributed by atoms with E-state index in [9.17, 15) is 4.39 Å². The monoisotopic (exact) mass is 244 g/mol. The van der Waals surface area contributed by atoms with E-state index in [1.54, 1.807) is 24.3 Å². The van der Waals surface area contributed by atoms with Gasteiger partial charge in [-0.05, 0) is 29.8 Å². The highest BCUT2D eigenvalue weighted by Gasteiger charge is 2.19. The zero-order chi connectivity index (χ0) is 12.5. The van der Waals surface area contributed by atoms with Gasteiger partial charge in [0.15, 0.2) is 11.6 Å². The van der Waals surface area contributed by atoms with E-state index in [1.165, 1.54) is 18.4 Å². The van der Waals surface area contributed by atoms with Gasteiger partial charge in [-0.3, -0.25) is 0 Å². The molecule has 90 valence electrons. The summed E-state index contributed by atoms with van der Waals surface area (Å²) in [5, 5.41) is 3.70. The van der Waals surface area contributed by atoms with E-state index >= 15 is 0 Å². The first-order chi connectivity index (χ1) is 8.75. The zero-order valence-electron chi connectivity index (χ0n) is 9.26. The Balaban J connectivity index is 2.20. The summed E-state index contributed by atoms with van der Waals surface area (Å²) in [5.41, 5.74) is 6.89. The maximum absolute atomic E-state index is 13.2. The average molecular weight is 244 g/mol. The minimum Gasteiger partial charge on any atom is -0.461 e. The van der Waals surface area contributed by atoms with E-state index in [0.717, 1.165) is 0 Å². The number of nitrogens with two attached hydrogens (primary N) is 1. The van der Waals surface area contributed by atoms with Crippen LogP contribution in [0, 0.1) is 5.82 Å². The molecule has 0 aliphatic rings. The van der Waals surface area contributed by atoms with Crippen LogP contribution >= 0.6 is 0 Å². The van der Waals surface area contributed by atoms with Crippen LogP contribution in [0.25, 0.3) is 22.6 Å². The molecule has 0 unspecified atom stereocenters. The molecule has 2 aromatic heterocycles. The minimum absolute atomic E-state index is 0.201. The van der Waals surface area contributed by atoms with Crippen molar-refractivity contribution in [2.24, 2.45) is 0 Å². The molecule has 0 spiro atoms. The van der Waals surface area contributed by atoms with Crippen molar-refractivity contribution in [1.29, 1.82) is 0 Å². The second kappa shape index (κ2) is 4.03. The number of nitrogen functional groups attached to an aromatic ring is 1. The fourth-order valence-electron chi connectivity index (χ4n) is 1.80. The first kappa shape index (κ1) is 10.6. The van der Waals surface area contributed by atoms with Gasteiger partial charge in [-0.25, -0.2) is 4.39 Å². The number of aromatic nitrogens is 1. The molecular formula is C13H9FN2O2. The molecule has 3 rings (SSSR count). The number of benzene rings is 1. The van der Waals surface area contributed by atoms with Crippen molar-refractivity contribution >= 4 is 5.82 Å². The molecule has 1 aromatic carbocycles. The van der Waals surface area contributed by atoms with Crippen molar-refractivity contribution in [2.45, 2.75) is 0 Å². The summed E-state index contributed by atoms with van der Waals surface area (Å²) in [6.45, 7) is 0. The number of nitrogens with zero attached hydrogens (tertiary/aromatic N) is 1. The van der Waals surface area contributed by atoms with Gasteiger partial charge in [0.05, 0.1) is 11.8 Å². The highest BCUT2D eigenvalue weighted by Crippen LogP contribution is 2.36. The molecule has 0 atom stereocenters. The van der Waals surface area contributed by atoms with E-state index in [2.05, 4.69) is 5.16 Å². The van der Waals surface area contributed by atoms with Crippen LogP contribution < -0.4 is 5.73 Å². The molecule has 18 heavy (non-hydrogen) atoms. The molecule has 0 saturated heterocycles. The summed E-state index contributed by atoms with van der Waals surface area (Å²) < 4.78 is 23.6. The van der Waals surface area contributed by atoms with Crippen LogP contribution in [0.4, 0.5) is 10.2 Å². The first-order valence-electron chi connectivity index (χ1n) is 5.30. The Morgan fingerprint density at radius 1 is 1.17 bits per heavy atom. The summed E-state index contributed by atoms with van der Waals surface area (Å²) in [4.78, 5) is 0. The highest BCUT2D eigenvalue weighted by atomic mass is 19.1. The van der Waals surface area contributed by atoms with Gasteiger partial charge < -0.3 is 14.7 Å². The van der Waals surface area contributed by atoms with E-state index in [0.29, 0.717) is 22.6 Å². The molecule has 3 aromatic rings. The number of rotatable bonds is 2. The lowest BCUT2D eigenvalue weighted by Crippen LogP contribution is -1.89. The summed E-state index contributed by atoms with van der Waals surface area (Å²) in [7, 11) is 0. The van der Waals surface area contributed by atoms with E-state index in [1.807, 2.05) is 0 Å². The van der Waals surface area contributed by atoms with Gasteiger partial charge in [0.25, 0.3) is 0 Å². The van der Waals surface area contributed by atoms with E-state index < -0.39 is 0 Å². The predicted octanol–water partition coefficient (Wildman–Crippen LogP) is 3.32. The minimum atomic E-state index is -0.349. The van der Waals surface area contributed by atoms with E-state index in [4.69, 9.17) is 14.7 Å².